The van der Waals surface area contributed by atoms with Gasteiger partial charge in [-0.25, -0.2) is 9.97 Å². The van der Waals surface area contributed by atoms with Gasteiger partial charge in [-0.15, -0.1) is 12.4 Å². The summed E-state index contributed by atoms with van der Waals surface area (Å²) in [5.41, 5.74) is 7.05. The lowest BCUT2D eigenvalue weighted by molar-refractivity contribution is 0.0394. The molecule has 3 N–H and O–H groups in total. The molecule has 1 aromatic carbocycles. The SMILES string of the molecule is COc1cc2nc(C3CCC[C@@H]4NCCN(C(=O)c5ccco5)[C@H]34)nc(N)c2cc1OC.Cl. The molecule has 2 aromatic heterocycles. The molecule has 1 saturated carbocycles. The molecule has 176 valence electrons. The van der Waals surface area contributed by atoms with Crippen molar-refractivity contribution in [1.29, 1.82) is 0 Å². The first-order chi connectivity index (χ1) is 15.6. The van der Waals surface area contributed by atoms with Gasteiger partial charge in [-0.3, -0.25) is 4.79 Å². The number of fused-ring (bicyclic) bond motifs is 2. The maximum Gasteiger partial charge on any atom is 0.289 e. The molecular weight excluding hydrogens is 446 g/mol. The van der Waals surface area contributed by atoms with Crippen LogP contribution in [0.25, 0.3) is 10.9 Å². The normalized spacial score (nSPS) is 22.4. The number of nitrogens with one attached hydrogen (secondary N) is 1. The van der Waals surface area contributed by atoms with Crippen molar-refractivity contribution in [3.63, 3.8) is 0 Å². The third-order valence-electron chi connectivity index (χ3n) is 6.55. The van der Waals surface area contributed by atoms with E-state index in [0.29, 0.717) is 46.3 Å². The van der Waals surface area contributed by atoms with Crippen LogP contribution in [0.2, 0.25) is 0 Å². The fourth-order valence-electron chi connectivity index (χ4n) is 5.08. The highest BCUT2D eigenvalue weighted by Gasteiger charge is 2.44. The van der Waals surface area contributed by atoms with Gasteiger partial charge in [0.2, 0.25) is 0 Å². The van der Waals surface area contributed by atoms with Gasteiger partial charge in [-0.2, -0.15) is 0 Å². The Kier molecular flexibility index (Phi) is 6.62. The van der Waals surface area contributed by atoms with E-state index in [4.69, 9.17) is 24.6 Å². The number of anilines is 1. The molecule has 2 aliphatic rings. The van der Waals surface area contributed by atoms with Gasteiger partial charge >= 0.3 is 0 Å². The lowest BCUT2D eigenvalue weighted by Gasteiger charge is -2.47. The first-order valence-electron chi connectivity index (χ1n) is 10.9. The van der Waals surface area contributed by atoms with E-state index in [1.807, 2.05) is 11.0 Å². The Bertz CT molecular complexity index is 1140. The molecule has 2 fully saturated rings. The topological polar surface area (TPSA) is 116 Å². The number of carbonyl (C=O) groups excluding carboxylic acids is 1. The zero-order valence-corrected chi connectivity index (χ0v) is 19.4. The van der Waals surface area contributed by atoms with Gasteiger partial charge in [0.15, 0.2) is 17.3 Å². The second-order valence-electron chi connectivity index (χ2n) is 8.26. The van der Waals surface area contributed by atoms with Crippen LogP contribution in [-0.2, 0) is 0 Å². The molecule has 1 aliphatic carbocycles. The van der Waals surface area contributed by atoms with Crippen molar-refractivity contribution in [3.8, 4) is 11.5 Å². The molecule has 3 heterocycles. The van der Waals surface area contributed by atoms with Crippen molar-refractivity contribution in [2.24, 2.45) is 0 Å². The second kappa shape index (κ2) is 9.44. The van der Waals surface area contributed by atoms with E-state index in [9.17, 15) is 4.79 Å². The second-order valence-corrected chi connectivity index (χ2v) is 8.26. The van der Waals surface area contributed by atoms with Crippen molar-refractivity contribution >= 4 is 35.0 Å². The van der Waals surface area contributed by atoms with E-state index >= 15 is 0 Å². The Morgan fingerprint density at radius 3 is 2.73 bits per heavy atom. The molecular formula is C23H28ClN5O4. The number of amides is 1. The number of furan rings is 1. The Balaban J connectivity index is 0.00000259. The van der Waals surface area contributed by atoms with Gasteiger partial charge in [0.1, 0.15) is 11.6 Å². The molecule has 1 amide bonds. The molecule has 0 spiro atoms. The number of ether oxygens (including phenoxy) is 2. The van der Waals surface area contributed by atoms with Crippen molar-refractivity contribution in [2.75, 3.05) is 33.0 Å². The Labute approximate surface area is 198 Å². The zero-order chi connectivity index (χ0) is 22.2. The van der Waals surface area contributed by atoms with Crippen LogP contribution in [0.1, 0.15) is 41.6 Å². The number of nitrogen functional groups attached to an aromatic ring is 1. The van der Waals surface area contributed by atoms with E-state index in [1.165, 1.54) is 6.26 Å². The highest BCUT2D eigenvalue weighted by Crippen LogP contribution is 2.39. The van der Waals surface area contributed by atoms with Gasteiger partial charge in [-0.1, -0.05) is 6.42 Å². The standard InChI is InChI=1S/C23H27N5O4.ClH/c1-30-18-11-14-16(12-19(18)31-2)26-22(27-21(14)24)13-5-3-6-15-20(13)28(9-8-25-15)23(29)17-7-4-10-32-17;/h4,7,10-13,15,20,25H,3,5-6,8-9H2,1-2H3,(H2,24,26,27);1H/t13?,15-,20+;/m0./s1. The van der Waals surface area contributed by atoms with Crippen LogP contribution in [0.3, 0.4) is 0 Å². The minimum Gasteiger partial charge on any atom is -0.493 e. The van der Waals surface area contributed by atoms with E-state index < -0.39 is 0 Å². The van der Waals surface area contributed by atoms with Crippen LogP contribution in [0.4, 0.5) is 5.82 Å². The number of nitrogens with two attached hydrogens (primary N) is 1. The van der Waals surface area contributed by atoms with Gasteiger partial charge in [0.25, 0.3) is 5.91 Å². The predicted molar refractivity (Wildman–Crippen MR) is 126 cm³/mol. The highest BCUT2D eigenvalue weighted by molar-refractivity contribution is 5.92. The van der Waals surface area contributed by atoms with Gasteiger partial charge in [0.05, 0.1) is 32.0 Å². The lowest BCUT2D eigenvalue weighted by atomic mass is 9.78. The molecule has 33 heavy (non-hydrogen) atoms. The number of carbonyl (C=O) groups is 1. The summed E-state index contributed by atoms with van der Waals surface area (Å²) in [5, 5.41) is 4.30. The molecule has 0 bridgehead atoms. The highest BCUT2D eigenvalue weighted by atomic mass is 35.5. The first kappa shape index (κ1) is 23.1. The summed E-state index contributed by atoms with van der Waals surface area (Å²) in [7, 11) is 3.17. The predicted octanol–water partition coefficient (Wildman–Crippen LogP) is 2.99. The third kappa shape index (κ3) is 4.06. The number of hydrogen-bond acceptors (Lipinski definition) is 8. The number of methoxy groups -OCH3 is 2. The maximum absolute atomic E-state index is 13.2. The maximum atomic E-state index is 13.2. The summed E-state index contributed by atoms with van der Waals surface area (Å²) in [5.74, 6) is 2.41. The molecule has 0 radical (unpaired) electrons. The molecule has 10 heteroatoms. The van der Waals surface area contributed by atoms with Crippen molar-refractivity contribution in [2.45, 2.75) is 37.3 Å². The van der Waals surface area contributed by atoms with Crippen molar-refractivity contribution in [1.82, 2.24) is 20.2 Å². The number of nitrogens with zero attached hydrogens (tertiary/aromatic N) is 3. The molecule has 1 aliphatic heterocycles. The monoisotopic (exact) mass is 473 g/mol. The van der Waals surface area contributed by atoms with E-state index in [1.54, 1.807) is 32.4 Å². The largest absolute Gasteiger partial charge is 0.493 e. The Morgan fingerprint density at radius 2 is 2.00 bits per heavy atom. The number of aromatic nitrogens is 2. The number of hydrogen-bond donors (Lipinski definition) is 2. The molecule has 1 saturated heterocycles. The van der Waals surface area contributed by atoms with Crippen LogP contribution in [0.5, 0.6) is 11.5 Å². The average Bonchev–Trinajstić information content (AvgIpc) is 3.37. The number of rotatable bonds is 4. The molecule has 1 unspecified atom stereocenters. The summed E-state index contributed by atoms with van der Waals surface area (Å²) in [6.07, 6.45) is 4.43. The lowest BCUT2D eigenvalue weighted by Crippen LogP contribution is -2.63. The van der Waals surface area contributed by atoms with Crippen LogP contribution in [-0.4, -0.2) is 60.2 Å². The van der Waals surface area contributed by atoms with E-state index in [0.717, 1.165) is 25.8 Å². The Hall–Kier alpha value is -3.04. The quantitative estimate of drug-likeness (QED) is 0.594. The van der Waals surface area contributed by atoms with Crippen LogP contribution >= 0.6 is 12.4 Å². The van der Waals surface area contributed by atoms with E-state index in [-0.39, 0.29) is 36.3 Å². The summed E-state index contributed by atoms with van der Waals surface area (Å²) in [6.45, 7) is 1.35. The first-order valence-corrected chi connectivity index (χ1v) is 10.9. The molecule has 5 rings (SSSR count). The minimum atomic E-state index is -0.0985. The van der Waals surface area contributed by atoms with Crippen LogP contribution in [0.15, 0.2) is 34.9 Å². The van der Waals surface area contributed by atoms with Gasteiger partial charge in [-0.05, 0) is 31.0 Å². The summed E-state index contributed by atoms with van der Waals surface area (Å²) in [4.78, 5) is 24.7. The average molecular weight is 474 g/mol. The summed E-state index contributed by atoms with van der Waals surface area (Å²) in [6, 6.07) is 7.16. The number of piperazine rings is 1. The van der Waals surface area contributed by atoms with E-state index in [2.05, 4.69) is 10.3 Å². The molecule has 9 nitrogen and oxygen atoms in total. The summed E-state index contributed by atoms with van der Waals surface area (Å²) < 4.78 is 16.2. The summed E-state index contributed by atoms with van der Waals surface area (Å²) >= 11 is 0. The van der Waals surface area contributed by atoms with Gasteiger partial charge in [0, 0.05) is 36.5 Å². The minimum absolute atomic E-state index is 0. The number of benzene rings is 1. The van der Waals surface area contributed by atoms with Crippen LogP contribution < -0.4 is 20.5 Å². The number of halogens is 1. The zero-order valence-electron chi connectivity index (χ0n) is 18.6. The molecule has 3 aromatic rings. The third-order valence-corrected chi connectivity index (χ3v) is 6.55. The Morgan fingerprint density at radius 1 is 1.21 bits per heavy atom. The fraction of sp³-hybridized carbons (Fsp3) is 0.435. The van der Waals surface area contributed by atoms with Crippen LogP contribution in [0, 0.1) is 0 Å². The smallest absolute Gasteiger partial charge is 0.289 e. The molecule has 3 atom stereocenters. The fourth-order valence-corrected chi connectivity index (χ4v) is 5.08. The van der Waals surface area contributed by atoms with Crippen molar-refractivity contribution < 1.29 is 18.7 Å². The van der Waals surface area contributed by atoms with Crippen molar-refractivity contribution in [3.05, 3.63) is 42.1 Å². The van der Waals surface area contributed by atoms with Gasteiger partial charge < -0.3 is 29.8 Å².